The van der Waals surface area contributed by atoms with Crippen LogP contribution in [0.2, 0.25) is 0 Å². The van der Waals surface area contributed by atoms with Crippen LogP contribution < -0.4 is 45.3 Å². The van der Waals surface area contributed by atoms with Crippen LogP contribution in [-0.4, -0.2) is 68.3 Å². The summed E-state index contributed by atoms with van der Waals surface area (Å²) in [5, 5.41) is 16.5. The maximum Gasteiger partial charge on any atom is 1.00 e. The summed E-state index contributed by atoms with van der Waals surface area (Å²) in [4.78, 5) is 66.5. The fraction of sp³-hybridized carbons (Fsp3) is 0.321. The van der Waals surface area contributed by atoms with Crippen LogP contribution in [0.4, 0.5) is 4.79 Å². The zero-order valence-corrected chi connectivity index (χ0v) is 25.1. The summed E-state index contributed by atoms with van der Waals surface area (Å²) in [6.45, 7) is 3.59. The topological polar surface area (TPSA) is 139 Å². The number of carboxylic acid groups (broad SMARTS) is 1. The average Bonchev–Trinajstić information content (AvgIpc) is 3.40. The second kappa shape index (κ2) is 11.8. The Balaban J connectivity index is 0.00000370. The molecule has 5 rings (SSSR count). The Kier molecular flexibility index (Phi) is 8.79. The molecular formula is C28H27N4NaO6S. The molecule has 1 unspecified atom stereocenters. The van der Waals surface area contributed by atoms with Gasteiger partial charge < -0.3 is 25.4 Å². The second-order valence-electron chi connectivity index (χ2n) is 10.1. The van der Waals surface area contributed by atoms with Gasteiger partial charge in [0.1, 0.15) is 17.5 Å². The maximum absolute atomic E-state index is 13.4. The van der Waals surface area contributed by atoms with Crippen molar-refractivity contribution in [2.75, 3.05) is 6.54 Å². The van der Waals surface area contributed by atoms with E-state index in [9.17, 15) is 29.1 Å². The molecule has 5 amide bonds. The number of hydrogen-bond acceptors (Lipinski definition) is 7. The number of hydrogen-bond donors (Lipinski definition) is 2. The molecular weight excluding hydrogens is 543 g/mol. The number of β-lactam (4-membered cyclic amide) rings is 1. The molecule has 2 N–H and O–H groups in total. The number of urea groups is 1. The van der Waals surface area contributed by atoms with Gasteiger partial charge in [0.2, 0.25) is 11.8 Å². The predicted molar refractivity (Wildman–Crippen MR) is 141 cm³/mol. The predicted octanol–water partition coefficient (Wildman–Crippen LogP) is -1.95. The number of likely N-dealkylation sites (tertiary alicyclic amines) is 1. The van der Waals surface area contributed by atoms with E-state index in [1.54, 1.807) is 50.3 Å². The van der Waals surface area contributed by atoms with Gasteiger partial charge in [-0.05, 0) is 37.5 Å². The van der Waals surface area contributed by atoms with Gasteiger partial charge in [0.25, 0.3) is 5.91 Å². The smallest absolute Gasteiger partial charge is 0.548 e. The molecule has 0 spiro atoms. The standard InChI is InChI=1S/C28H28N4O6S.Na/c1-28(2)21(26(36)37)32-24(35)20(25(32)39-28)29-22(33)19(17-11-7-4-8-12-17)30-27(38)31-14-13-18(23(31)34)15-16-9-5-3-6-10-16;/h3-12,15,19-21,25H,13-14H2,1-2H3,(H,29,33)(H,30,38)(H,36,37);/q;+1/p-1/t19?,20-,21+,25-;/m1./s1. The number of fused-ring (bicyclic) bond motifs is 1. The third-order valence-electron chi connectivity index (χ3n) is 7.14. The van der Waals surface area contributed by atoms with Crippen molar-refractivity contribution in [3.8, 4) is 0 Å². The number of amides is 5. The molecule has 3 aliphatic heterocycles. The van der Waals surface area contributed by atoms with E-state index in [1.165, 1.54) is 16.7 Å². The summed E-state index contributed by atoms with van der Waals surface area (Å²) in [5.74, 6) is -2.96. The van der Waals surface area contributed by atoms with Gasteiger partial charge in [-0.3, -0.25) is 19.3 Å². The molecule has 0 aliphatic carbocycles. The molecule has 10 nitrogen and oxygen atoms in total. The van der Waals surface area contributed by atoms with Crippen molar-refractivity contribution >= 4 is 47.6 Å². The van der Waals surface area contributed by atoms with Crippen LogP contribution in [0, 0.1) is 0 Å². The van der Waals surface area contributed by atoms with Crippen molar-refractivity contribution in [3.05, 3.63) is 77.4 Å². The number of carboxylic acids is 1. The Labute approximate surface area is 257 Å². The number of rotatable bonds is 6. The van der Waals surface area contributed by atoms with Gasteiger partial charge >= 0.3 is 35.6 Å². The summed E-state index contributed by atoms with van der Waals surface area (Å²) in [6, 6.07) is 13.8. The molecule has 0 aromatic heterocycles. The van der Waals surface area contributed by atoms with Crippen LogP contribution >= 0.6 is 11.8 Å². The van der Waals surface area contributed by atoms with E-state index in [1.807, 2.05) is 30.3 Å². The van der Waals surface area contributed by atoms with E-state index in [0.29, 0.717) is 17.6 Å². The molecule has 4 atom stereocenters. The molecule has 0 saturated carbocycles. The Hall–Kier alpha value is -3.12. The first-order valence-electron chi connectivity index (χ1n) is 12.5. The normalized spacial score (nSPS) is 24.6. The quantitative estimate of drug-likeness (QED) is 0.234. The summed E-state index contributed by atoms with van der Waals surface area (Å²) in [7, 11) is 0. The molecule has 3 heterocycles. The van der Waals surface area contributed by atoms with Gasteiger partial charge in [-0.25, -0.2) is 4.79 Å². The van der Waals surface area contributed by atoms with Crippen molar-refractivity contribution in [3.63, 3.8) is 0 Å². The van der Waals surface area contributed by atoms with Crippen LogP contribution in [-0.2, 0) is 19.2 Å². The van der Waals surface area contributed by atoms with Gasteiger partial charge in [0.15, 0.2) is 0 Å². The monoisotopic (exact) mass is 570 g/mol. The summed E-state index contributed by atoms with van der Waals surface area (Å²) >= 11 is 1.27. The largest absolute Gasteiger partial charge is 1.00 e. The third kappa shape index (κ3) is 5.56. The molecule has 0 bridgehead atoms. The maximum atomic E-state index is 13.4. The summed E-state index contributed by atoms with van der Waals surface area (Å²) in [6.07, 6.45) is 2.12. The minimum atomic E-state index is -1.35. The molecule has 40 heavy (non-hydrogen) atoms. The fourth-order valence-corrected chi connectivity index (χ4v) is 6.82. The second-order valence-corrected chi connectivity index (χ2v) is 11.9. The van der Waals surface area contributed by atoms with E-state index >= 15 is 0 Å². The van der Waals surface area contributed by atoms with Crippen molar-refractivity contribution in [1.29, 1.82) is 0 Å². The minimum absolute atomic E-state index is 0. The van der Waals surface area contributed by atoms with Crippen molar-refractivity contribution in [1.82, 2.24) is 20.4 Å². The Morgan fingerprint density at radius 2 is 1.68 bits per heavy atom. The van der Waals surface area contributed by atoms with Gasteiger partial charge in [-0.1, -0.05) is 60.7 Å². The minimum Gasteiger partial charge on any atom is -0.548 e. The number of imide groups is 1. The van der Waals surface area contributed by atoms with E-state index in [4.69, 9.17) is 0 Å². The van der Waals surface area contributed by atoms with Crippen LogP contribution in [0.25, 0.3) is 6.08 Å². The van der Waals surface area contributed by atoms with Crippen molar-refractivity contribution in [2.24, 2.45) is 0 Å². The van der Waals surface area contributed by atoms with Crippen molar-refractivity contribution in [2.45, 2.75) is 48.5 Å². The fourth-order valence-electron chi connectivity index (χ4n) is 5.20. The van der Waals surface area contributed by atoms with Gasteiger partial charge in [0.05, 0.1) is 12.0 Å². The molecule has 2 aromatic rings. The summed E-state index contributed by atoms with van der Waals surface area (Å²) in [5.41, 5.74) is 1.80. The molecule has 2 aromatic carbocycles. The number of aliphatic carboxylic acids is 1. The van der Waals surface area contributed by atoms with E-state index in [0.717, 1.165) is 10.5 Å². The first kappa shape index (κ1) is 29.9. The number of carbonyl (C=O) groups excluding carboxylic acids is 5. The van der Waals surface area contributed by atoms with Crippen LogP contribution in [0.1, 0.15) is 37.4 Å². The Morgan fingerprint density at radius 3 is 2.30 bits per heavy atom. The number of thioether (sulfide) groups is 1. The van der Waals surface area contributed by atoms with Gasteiger partial charge in [0, 0.05) is 16.9 Å². The Morgan fingerprint density at radius 1 is 1.05 bits per heavy atom. The zero-order valence-electron chi connectivity index (χ0n) is 22.3. The number of benzene rings is 2. The third-order valence-corrected chi connectivity index (χ3v) is 8.71. The Bertz CT molecular complexity index is 1370. The van der Waals surface area contributed by atoms with Crippen LogP contribution in [0.5, 0.6) is 0 Å². The number of carbonyl (C=O) groups is 5. The van der Waals surface area contributed by atoms with Gasteiger partial charge in [-0.2, -0.15) is 0 Å². The first-order chi connectivity index (χ1) is 18.6. The average molecular weight is 571 g/mol. The molecule has 3 fully saturated rings. The molecule has 3 aliphatic rings. The number of nitrogens with zero attached hydrogens (tertiary/aromatic N) is 2. The molecule has 0 radical (unpaired) electrons. The van der Waals surface area contributed by atoms with E-state index < -0.39 is 58.0 Å². The SMILES string of the molecule is CC1(C)S[C@@H]2[C@H](NC(=O)C(NC(=O)N3CCC(=Cc4ccccc4)C3=O)c3ccccc3)C(=O)N2[C@H]1C(=O)[O-].[Na+]. The first-order valence-corrected chi connectivity index (χ1v) is 13.4. The van der Waals surface area contributed by atoms with Crippen LogP contribution in [0.15, 0.2) is 66.2 Å². The molecule has 202 valence electrons. The zero-order chi connectivity index (χ0) is 27.9. The van der Waals surface area contributed by atoms with E-state index in [2.05, 4.69) is 10.6 Å². The van der Waals surface area contributed by atoms with Gasteiger partial charge in [-0.15, -0.1) is 11.8 Å². The summed E-state index contributed by atoms with van der Waals surface area (Å²) < 4.78 is -0.799. The van der Waals surface area contributed by atoms with E-state index in [-0.39, 0.29) is 36.1 Å². The number of nitrogens with one attached hydrogen (secondary N) is 2. The molecule has 3 saturated heterocycles. The van der Waals surface area contributed by atoms with Crippen molar-refractivity contribution < 1.29 is 58.6 Å². The molecule has 12 heteroatoms. The van der Waals surface area contributed by atoms with Crippen LogP contribution in [0.3, 0.4) is 0 Å².